The van der Waals surface area contributed by atoms with Gasteiger partial charge < -0.3 is 4.57 Å². The highest BCUT2D eigenvalue weighted by atomic mass is 16.2. The number of nitrogens with zero attached hydrogens (tertiary/aromatic N) is 8. The number of imidazole rings is 1. The number of unbranched alkanes of at least 4 members (excludes halogenated alkanes) is 1. The first-order valence-corrected chi connectivity index (χ1v) is 7.32. The average molecular weight is 318 g/mol. The Balaban J connectivity index is 1.79. The summed E-state index contributed by atoms with van der Waals surface area (Å²) >= 11 is 0. The molecule has 0 saturated heterocycles. The van der Waals surface area contributed by atoms with E-state index < -0.39 is 0 Å². The first-order valence-electron chi connectivity index (χ1n) is 7.32. The molecule has 10 nitrogen and oxygen atoms in total. The predicted octanol–water partition coefficient (Wildman–Crippen LogP) is -1.02. The molecule has 10 heteroatoms. The molecule has 3 heterocycles. The molecule has 0 spiro atoms. The van der Waals surface area contributed by atoms with Crippen LogP contribution >= 0.6 is 0 Å². The van der Waals surface area contributed by atoms with E-state index >= 15 is 0 Å². The molecule has 3 aromatic rings. The summed E-state index contributed by atoms with van der Waals surface area (Å²) < 4.78 is 4.30. The van der Waals surface area contributed by atoms with E-state index in [9.17, 15) is 9.59 Å². The van der Waals surface area contributed by atoms with Crippen LogP contribution in [0.1, 0.15) is 18.7 Å². The zero-order valence-corrected chi connectivity index (χ0v) is 13.3. The van der Waals surface area contributed by atoms with Gasteiger partial charge in [0.15, 0.2) is 17.0 Å². The highest BCUT2D eigenvalue weighted by Gasteiger charge is 2.14. The molecular weight excluding hydrogens is 300 g/mol. The molecule has 0 aliphatic rings. The Hall–Kier alpha value is -2.78. The van der Waals surface area contributed by atoms with Gasteiger partial charge in [0.1, 0.15) is 0 Å². The monoisotopic (exact) mass is 318 g/mol. The van der Waals surface area contributed by atoms with Gasteiger partial charge in [0, 0.05) is 27.1 Å². The molecule has 0 aromatic carbocycles. The lowest BCUT2D eigenvalue weighted by Gasteiger charge is -2.08. The Kier molecular flexibility index (Phi) is 3.80. The van der Waals surface area contributed by atoms with E-state index in [1.807, 2.05) is 0 Å². The Morgan fingerprint density at radius 1 is 1.13 bits per heavy atom. The lowest BCUT2D eigenvalue weighted by atomic mass is 10.2. The van der Waals surface area contributed by atoms with Crippen LogP contribution in [-0.4, -0.2) is 38.9 Å². The summed E-state index contributed by atoms with van der Waals surface area (Å²) in [5.74, 6) is 0.662. The van der Waals surface area contributed by atoms with Crippen LogP contribution in [0.4, 0.5) is 0 Å². The van der Waals surface area contributed by atoms with Crippen molar-refractivity contribution >= 4 is 11.2 Å². The van der Waals surface area contributed by atoms with E-state index in [1.165, 1.54) is 20.3 Å². The molecule has 3 rings (SSSR count). The van der Waals surface area contributed by atoms with Crippen LogP contribution in [0.3, 0.4) is 0 Å². The van der Waals surface area contributed by atoms with Gasteiger partial charge in [-0.1, -0.05) is 0 Å². The minimum absolute atomic E-state index is 0.305. The lowest BCUT2D eigenvalue weighted by molar-refractivity contribution is 0.548. The zero-order chi connectivity index (χ0) is 16.6. The van der Waals surface area contributed by atoms with E-state index in [1.54, 1.807) is 25.7 Å². The molecule has 0 aliphatic carbocycles. The number of tetrazole rings is 1. The Bertz CT molecular complexity index is 961. The van der Waals surface area contributed by atoms with E-state index in [2.05, 4.69) is 20.4 Å². The first-order chi connectivity index (χ1) is 11.0. The van der Waals surface area contributed by atoms with E-state index in [4.69, 9.17) is 0 Å². The van der Waals surface area contributed by atoms with Crippen molar-refractivity contribution in [2.45, 2.75) is 25.8 Å². The lowest BCUT2D eigenvalue weighted by Crippen LogP contribution is -2.39. The van der Waals surface area contributed by atoms with Crippen LogP contribution in [-0.2, 0) is 34.1 Å². The highest BCUT2D eigenvalue weighted by Crippen LogP contribution is 2.04. The van der Waals surface area contributed by atoms with Crippen LogP contribution in [0.5, 0.6) is 0 Å². The number of hydrogen-bond donors (Lipinski definition) is 0. The SMILES string of the molecule is Cn1nnc(CCCCn2c(=O)c3c(ncn3C)n(C)c2=O)n1. The summed E-state index contributed by atoms with van der Waals surface area (Å²) in [7, 11) is 5.07. The van der Waals surface area contributed by atoms with Crippen molar-refractivity contribution in [3.63, 3.8) is 0 Å². The molecule has 0 atom stereocenters. The molecule has 0 N–H and O–H groups in total. The fourth-order valence-electron chi connectivity index (χ4n) is 2.57. The van der Waals surface area contributed by atoms with Crippen molar-refractivity contribution in [1.29, 1.82) is 0 Å². The fraction of sp³-hybridized carbons (Fsp3) is 0.538. The van der Waals surface area contributed by atoms with Crippen molar-refractivity contribution in [2.75, 3.05) is 0 Å². The molecular formula is C13H18N8O2. The summed E-state index contributed by atoms with van der Waals surface area (Å²) in [5, 5.41) is 11.8. The zero-order valence-electron chi connectivity index (χ0n) is 13.3. The fourth-order valence-corrected chi connectivity index (χ4v) is 2.57. The molecule has 23 heavy (non-hydrogen) atoms. The van der Waals surface area contributed by atoms with Crippen LogP contribution in [0.25, 0.3) is 11.2 Å². The van der Waals surface area contributed by atoms with Gasteiger partial charge >= 0.3 is 5.69 Å². The van der Waals surface area contributed by atoms with Crippen molar-refractivity contribution in [3.8, 4) is 0 Å². The second kappa shape index (κ2) is 5.78. The maximum absolute atomic E-state index is 12.5. The van der Waals surface area contributed by atoms with E-state index in [0.717, 1.165) is 6.42 Å². The van der Waals surface area contributed by atoms with Crippen molar-refractivity contribution in [3.05, 3.63) is 33.0 Å². The average Bonchev–Trinajstić information content (AvgIpc) is 3.10. The smallest absolute Gasteiger partial charge is 0.328 e. The number of aromatic nitrogens is 8. The minimum Gasteiger partial charge on any atom is -0.328 e. The number of aryl methyl sites for hydroxylation is 4. The summed E-state index contributed by atoms with van der Waals surface area (Å²) in [4.78, 5) is 30.3. The molecule has 0 bridgehead atoms. The van der Waals surface area contributed by atoms with Gasteiger partial charge in [0.25, 0.3) is 5.56 Å². The molecule has 3 aromatic heterocycles. The van der Waals surface area contributed by atoms with Gasteiger partial charge in [0.05, 0.1) is 13.4 Å². The number of hydrogen-bond acceptors (Lipinski definition) is 6. The van der Waals surface area contributed by atoms with Gasteiger partial charge in [-0.15, -0.1) is 10.2 Å². The third-order valence-electron chi connectivity index (χ3n) is 3.78. The summed E-state index contributed by atoms with van der Waals surface area (Å²) in [6.07, 6.45) is 3.65. The standard InChI is InChI=1S/C13H18N8O2/c1-18-8-14-11-10(18)12(22)21(13(23)19(11)2)7-5-4-6-9-15-17-20(3)16-9/h8H,4-7H2,1-3H3. The van der Waals surface area contributed by atoms with E-state index in [-0.39, 0.29) is 11.2 Å². The second-order valence-corrected chi connectivity index (χ2v) is 5.48. The normalized spacial score (nSPS) is 11.4. The number of fused-ring (bicyclic) bond motifs is 1. The van der Waals surface area contributed by atoms with Gasteiger partial charge in [-0.05, 0) is 18.1 Å². The Morgan fingerprint density at radius 2 is 1.91 bits per heavy atom. The van der Waals surface area contributed by atoms with Gasteiger partial charge in [-0.3, -0.25) is 13.9 Å². The Labute approximate surface area is 131 Å². The minimum atomic E-state index is -0.348. The molecule has 0 amide bonds. The predicted molar refractivity (Wildman–Crippen MR) is 82.0 cm³/mol. The van der Waals surface area contributed by atoms with Gasteiger partial charge in [0.2, 0.25) is 0 Å². The maximum Gasteiger partial charge on any atom is 0.332 e. The highest BCUT2D eigenvalue weighted by molar-refractivity contribution is 5.69. The number of rotatable bonds is 5. The first kappa shape index (κ1) is 15.1. The quantitative estimate of drug-likeness (QED) is 0.558. The van der Waals surface area contributed by atoms with E-state index in [0.29, 0.717) is 36.4 Å². The maximum atomic E-state index is 12.5. The van der Waals surface area contributed by atoms with Crippen molar-refractivity contribution < 1.29 is 0 Å². The Morgan fingerprint density at radius 3 is 2.61 bits per heavy atom. The molecule has 0 saturated carbocycles. The van der Waals surface area contributed by atoms with Crippen molar-refractivity contribution in [1.82, 2.24) is 38.9 Å². The van der Waals surface area contributed by atoms with Gasteiger partial charge in [-0.2, -0.15) is 4.80 Å². The summed E-state index contributed by atoms with van der Waals surface area (Å²) in [5.41, 5.74) is 0.185. The third-order valence-corrected chi connectivity index (χ3v) is 3.78. The molecule has 0 unspecified atom stereocenters. The van der Waals surface area contributed by atoms with Gasteiger partial charge in [-0.25, -0.2) is 9.78 Å². The summed E-state index contributed by atoms with van der Waals surface area (Å²) in [6, 6.07) is 0. The van der Waals surface area contributed by atoms with Crippen LogP contribution in [0.2, 0.25) is 0 Å². The second-order valence-electron chi connectivity index (χ2n) is 5.48. The van der Waals surface area contributed by atoms with Crippen LogP contribution in [0.15, 0.2) is 15.9 Å². The summed E-state index contributed by atoms with van der Waals surface area (Å²) in [6.45, 7) is 0.354. The largest absolute Gasteiger partial charge is 0.332 e. The van der Waals surface area contributed by atoms with Crippen LogP contribution < -0.4 is 11.2 Å². The third kappa shape index (κ3) is 2.67. The van der Waals surface area contributed by atoms with Crippen LogP contribution in [0, 0.1) is 0 Å². The molecule has 0 aliphatic heterocycles. The molecule has 0 fully saturated rings. The molecule has 122 valence electrons. The topological polar surface area (TPSA) is 105 Å². The van der Waals surface area contributed by atoms with Crippen molar-refractivity contribution in [2.24, 2.45) is 21.1 Å². The molecule has 0 radical (unpaired) electrons.